The van der Waals surface area contributed by atoms with E-state index in [0.717, 1.165) is 32.1 Å². The number of guanidine groups is 1. The highest BCUT2D eigenvalue weighted by atomic mass is 15.2. The Bertz CT molecular complexity index is 523. The predicted molar refractivity (Wildman–Crippen MR) is 107 cm³/mol. The standard InChI is InChI=1S/C20H35N5/c1-17(2)14-22-20(21-3)23-15-18-6-8-19(9-7-18)16-25-11-5-10-24(4)12-13-25/h6-9,17H,5,10-16H2,1-4H3,(H2,21,22,23). The van der Waals surface area contributed by atoms with Gasteiger partial charge in [-0.15, -0.1) is 0 Å². The second-order valence-corrected chi connectivity index (χ2v) is 7.45. The average molecular weight is 346 g/mol. The number of benzene rings is 1. The van der Waals surface area contributed by atoms with Crippen LogP contribution in [0.15, 0.2) is 29.3 Å². The number of rotatable bonds is 6. The van der Waals surface area contributed by atoms with Gasteiger partial charge in [-0.05, 0) is 43.6 Å². The lowest BCUT2D eigenvalue weighted by Gasteiger charge is -2.20. The fourth-order valence-corrected chi connectivity index (χ4v) is 2.99. The summed E-state index contributed by atoms with van der Waals surface area (Å²) in [5, 5.41) is 6.72. The summed E-state index contributed by atoms with van der Waals surface area (Å²) >= 11 is 0. The summed E-state index contributed by atoms with van der Waals surface area (Å²) in [6, 6.07) is 8.97. The first-order valence-electron chi connectivity index (χ1n) is 9.50. The first-order valence-corrected chi connectivity index (χ1v) is 9.50. The van der Waals surface area contributed by atoms with Crippen LogP contribution in [0.4, 0.5) is 0 Å². The van der Waals surface area contributed by atoms with E-state index in [4.69, 9.17) is 0 Å². The minimum absolute atomic E-state index is 0.608. The van der Waals surface area contributed by atoms with Gasteiger partial charge in [-0.25, -0.2) is 0 Å². The Morgan fingerprint density at radius 3 is 2.44 bits per heavy atom. The van der Waals surface area contributed by atoms with E-state index in [1.807, 2.05) is 7.05 Å². The van der Waals surface area contributed by atoms with Crippen LogP contribution in [0.2, 0.25) is 0 Å². The Morgan fingerprint density at radius 2 is 1.76 bits per heavy atom. The maximum Gasteiger partial charge on any atom is 0.191 e. The quantitative estimate of drug-likeness (QED) is 0.612. The highest BCUT2D eigenvalue weighted by Gasteiger charge is 2.12. The van der Waals surface area contributed by atoms with Crippen molar-refractivity contribution in [1.82, 2.24) is 20.4 Å². The second-order valence-electron chi connectivity index (χ2n) is 7.45. The third-order valence-electron chi connectivity index (χ3n) is 4.60. The fraction of sp³-hybridized carbons (Fsp3) is 0.650. The van der Waals surface area contributed by atoms with Gasteiger partial charge in [0, 0.05) is 39.8 Å². The molecule has 0 radical (unpaired) electrons. The zero-order chi connectivity index (χ0) is 18.1. The second kappa shape index (κ2) is 10.4. The Balaban J connectivity index is 1.79. The van der Waals surface area contributed by atoms with E-state index in [1.165, 1.54) is 37.2 Å². The predicted octanol–water partition coefficient (Wildman–Crippen LogP) is 2.15. The van der Waals surface area contributed by atoms with Crippen molar-refractivity contribution in [1.29, 1.82) is 0 Å². The van der Waals surface area contributed by atoms with Crippen LogP contribution in [-0.4, -0.2) is 62.6 Å². The third-order valence-corrected chi connectivity index (χ3v) is 4.60. The molecule has 0 amide bonds. The smallest absolute Gasteiger partial charge is 0.191 e. The van der Waals surface area contributed by atoms with Crippen LogP contribution in [-0.2, 0) is 13.1 Å². The van der Waals surface area contributed by atoms with Crippen LogP contribution < -0.4 is 10.6 Å². The molecule has 1 fully saturated rings. The van der Waals surface area contributed by atoms with Crippen molar-refractivity contribution in [3.8, 4) is 0 Å². The molecule has 140 valence electrons. The van der Waals surface area contributed by atoms with Gasteiger partial charge in [0.05, 0.1) is 0 Å². The number of hydrogen-bond acceptors (Lipinski definition) is 3. The minimum atomic E-state index is 0.608. The molecule has 0 aromatic heterocycles. The maximum absolute atomic E-state index is 4.27. The maximum atomic E-state index is 4.27. The minimum Gasteiger partial charge on any atom is -0.356 e. The molecule has 5 heteroatoms. The molecule has 1 saturated heterocycles. The van der Waals surface area contributed by atoms with Crippen molar-refractivity contribution in [3.63, 3.8) is 0 Å². The summed E-state index contributed by atoms with van der Waals surface area (Å²) in [4.78, 5) is 9.26. The number of aliphatic imine (C=N–C) groups is 1. The number of likely N-dealkylation sites (N-methyl/N-ethyl adjacent to an activating group) is 1. The Morgan fingerprint density at radius 1 is 1.04 bits per heavy atom. The molecule has 0 bridgehead atoms. The Hall–Kier alpha value is -1.59. The highest BCUT2D eigenvalue weighted by molar-refractivity contribution is 5.79. The first-order chi connectivity index (χ1) is 12.1. The van der Waals surface area contributed by atoms with Crippen molar-refractivity contribution < 1.29 is 0 Å². The molecule has 0 spiro atoms. The van der Waals surface area contributed by atoms with Gasteiger partial charge < -0.3 is 15.5 Å². The molecule has 1 aliphatic rings. The lowest BCUT2D eigenvalue weighted by Crippen LogP contribution is -2.38. The molecule has 1 aromatic carbocycles. The van der Waals surface area contributed by atoms with Crippen LogP contribution in [0.3, 0.4) is 0 Å². The number of nitrogens with one attached hydrogen (secondary N) is 2. The van der Waals surface area contributed by atoms with Gasteiger partial charge in [-0.1, -0.05) is 38.1 Å². The van der Waals surface area contributed by atoms with E-state index in [2.05, 4.69) is 70.6 Å². The summed E-state index contributed by atoms with van der Waals surface area (Å²) in [5.41, 5.74) is 2.68. The molecule has 1 aliphatic heterocycles. The Kier molecular flexibility index (Phi) is 8.22. The van der Waals surface area contributed by atoms with Crippen molar-refractivity contribution in [2.45, 2.75) is 33.4 Å². The molecule has 0 atom stereocenters. The molecule has 1 heterocycles. The number of nitrogens with zero attached hydrogens (tertiary/aromatic N) is 3. The van der Waals surface area contributed by atoms with Gasteiger partial charge in [0.25, 0.3) is 0 Å². The van der Waals surface area contributed by atoms with Crippen molar-refractivity contribution >= 4 is 5.96 Å². The molecule has 0 saturated carbocycles. The summed E-state index contributed by atoms with van der Waals surface area (Å²) in [6.45, 7) is 11.9. The van der Waals surface area contributed by atoms with Crippen LogP contribution in [0, 0.1) is 5.92 Å². The van der Waals surface area contributed by atoms with Crippen molar-refractivity contribution in [2.75, 3.05) is 46.8 Å². The topological polar surface area (TPSA) is 42.9 Å². The molecule has 25 heavy (non-hydrogen) atoms. The molecular formula is C20H35N5. The van der Waals surface area contributed by atoms with Crippen LogP contribution in [0.5, 0.6) is 0 Å². The average Bonchev–Trinajstić information content (AvgIpc) is 2.80. The zero-order valence-corrected chi connectivity index (χ0v) is 16.4. The van der Waals surface area contributed by atoms with E-state index in [9.17, 15) is 0 Å². The SMILES string of the molecule is CN=C(NCc1ccc(CN2CCCN(C)CC2)cc1)NCC(C)C. The van der Waals surface area contributed by atoms with Gasteiger partial charge in [-0.3, -0.25) is 9.89 Å². The fourth-order valence-electron chi connectivity index (χ4n) is 2.99. The first kappa shape index (κ1) is 19.7. The van der Waals surface area contributed by atoms with Crippen LogP contribution >= 0.6 is 0 Å². The normalized spacial score (nSPS) is 17.6. The lowest BCUT2D eigenvalue weighted by molar-refractivity contribution is 0.269. The largest absolute Gasteiger partial charge is 0.356 e. The molecular weight excluding hydrogens is 310 g/mol. The van der Waals surface area contributed by atoms with Gasteiger partial charge >= 0.3 is 0 Å². The van der Waals surface area contributed by atoms with E-state index in [0.29, 0.717) is 5.92 Å². The van der Waals surface area contributed by atoms with Gasteiger partial charge in [0.2, 0.25) is 0 Å². The van der Waals surface area contributed by atoms with Gasteiger partial charge in [-0.2, -0.15) is 0 Å². The van der Waals surface area contributed by atoms with Crippen LogP contribution in [0.25, 0.3) is 0 Å². The summed E-state index contributed by atoms with van der Waals surface area (Å²) in [6.07, 6.45) is 1.26. The zero-order valence-electron chi connectivity index (χ0n) is 16.4. The summed E-state index contributed by atoms with van der Waals surface area (Å²) in [5.74, 6) is 1.48. The van der Waals surface area contributed by atoms with Gasteiger partial charge in [0.15, 0.2) is 5.96 Å². The van der Waals surface area contributed by atoms with E-state index in [1.54, 1.807) is 0 Å². The molecule has 0 aliphatic carbocycles. The van der Waals surface area contributed by atoms with E-state index < -0.39 is 0 Å². The van der Waals surface area contributed by atoms with Crippen molar-refractivity contribution in [3.05, 3.63) is 35.4 Å². The molecule has 5 nitrogen and oxygen atoms in total. The molecule has 0 unspecified atom stereocenters. The van der Waals surface area contributed by atoms with Crippen LogP contribution in [0.1, 0.15) is 31.4 Å². The third kappa shape index (κ3) is 7.45. The highest BCUT2D eigenvalue weighted by Crippen LogP contribution is 2.10. The lowest BCUT2D eigenvalue weighted by atomic mass is 10.1. The summed E-state index contributed by atoms with van der Waals surface area (Å²) < 4.78 is 0. The molecule has 2 N–H and O–H groups in total. The Labute approximate surface area is 153 Å². The van der Waals surface area contributed by atoms with Crippen molar-refractivity contribution in [2.24, 2.45) is 10.9 Å². The van der Waals surface area contributed by atoms with Gasteiger partial charge in [0.1, 0.15) is 0 Å². The molecule has 1 aromatic rings. The molecule has 2 rings (SSSR count). The monoisotopic (exact) mass is 345 g/mol. The number of hydrogen-bond donors (Lipinski definition) is 2. The van der Waals surface area contributed by atoms with E-state index in [-0.39, 0.29) is 0 Å². The van der Waals surface area contributed by atoms with E-state index >= 15 is 0 Å². The summed E-state index contributed by atoms with van der Waals surface area (Å²) in [7, 11) is 4.03.